The van der Waals surface area contributed by atoms with E-state index >= 15 is 0 Å². The van der Waals surface area contributed by atoms with E-state index in [9.17, 15) is 8.42 Å². The Kier molecular flexibility index (Phi) is 4.29. The summed E-state index contributed by atoms with van der Waals surface area (Å²) >= 11 is 1.27. The van der Waals surface area contributed by atoms with E-state index in [2.05, 4.69) is 4.98 Å². The van der Waals surface area contributed by atoms with Crippen molar-refractivity contribution in [2.75, 3.05) is 11.5 Å². The Morgan fingerprint density at radius 2 is 2.25 bits per heavy atom. The molecule has 0 spiro atoms. The van der Waals surface area contributed by atoms with Crippen molar-refractivity contribution in [1.82, 2.24) is 4.98 Å². The number of aryl methyl sites for hydroxylation is 1. The number of nitrogens with two attached hydrogens (primary N) is 1. The Morgan fingerprint density at radius 1 is 1.56 bits per heavy atom. The molecule has 0 saturated heterocycles. The van der Waals surface area contributed by atoms with Gasteiger partial charge in [-0.05, 0) is 19.1 Å². The van der Waals surface area contributed by atoms with Crippen molar-refractivity contribution in [1.29, 1.82) is 5.26 Å². The number of thioether (sulfide) groups is 1. The summed E-state index contributed by atoms with van der Waals surface area (Å²) in [7, 11) is -3.43. The summed E-state index contributed by atoms with van der Waals surface area (Å²) in [5.41, 5.74) is 1.25. The molecule has 16 heavy (non-hydrogen) atoms. The van der Waals surface area contributed by atoms with Gasteiger partial charge in [-0.3, -0.25) is 0 Å². The highest BCUT2D eigenvalue weighted by atomic mass is 32.2. The molecule has 1 aromatic heterocycles. The minimum Gasteiger partial charge on any atom is -0.247 e. The van der Waals surface area contributed by atoms with Crippen LogP contribution in [-0.2, 0) is 10.0 Å². The van der Waals surface area contributed by atoms with E-state index in [0.29, 0.717) is 16.3 Å². The topological polar surface area (TPSA) is 96.8 Å². The summed E-state index contributed by atoms with van der Waals surface area (Å²) in [6, 6.07) is 5.31. The summed E-state index contributed by atoms with van der Waals surface area (Å²) in [5, 5.41) is 14.2. The number of rotatable bonds is 4. The first-order valence-electron chi connectivity index (χ1n) is 4.43. The highest BCUT2D eigenvalue weighted by molar-refractivity contribution is 8.00. The molecule has 0 radical (unpaired) electrons. The Bertz CT molecular complexity index is 520. The third kappa shape index (κ3) is 4.61. The molecule has 5 nitrogen and oxygen atoms in total. The minimum absolute atomic E-state index is 0.102. The molecule has 1 aromatic rings. The van der Waals surface area contributed by atoms with Crippen LogP contribution in [0.25, 0.3) is 0 Å². The van der Waals surface area contributed by atoms with Crippen LogP contribution in [0.5, 0.6) is 0 Å². The van der Waals surface area contributed by atoms with Gasteiger partial charge in [0.05, 0.1) is 22.4 Å². The maximum Gasteiger partial charge on any atom is 0.209 e. The molecule has 0 aliphatic rings. The fourth-order valence-corrected chi connectivity index (χ4v) is 2.93. The second-order valence-corrected chi connectivity index (χ2v) is 6.01. The van der Waals surface area contributed by atoms with Gasteiger partial charge in [-0.15, -0.1) is 11.8 Å². The Morgan fingerprint density at radius 3 is 2.81 bits per heavy atom. The molecule has 0 aliphatic carbocycles. The molecule has 0 saturated carbocycles. The lowest BCUT2D eigenvalue weighted by Gasteiger charge is -2.02. The summed E-state index contributed by atoms with van der Waals surface area (Å²) < 4.78 is 21.4. The van der Waals surface area contributed by atoms with Crippen LogP contribution in [0.4, 0.5) is 0 Å². The first kappa shape index (κ1) is 13.0. The molecule has 0 unspecified atom stereocenters. The van der Waals surface area contributed by atoms with Crippen LogP contribution in [0, 0.1) is 18.3 Å². The predicted molar refractivity (Wildman–Crippen MR) is 62.4 cm³/mol. The molecule has 7 heteroatoms. The Labute approximate surface area is 98.7 Å². The Hall–Kier alpha value is -1.10. The van der Waals surface area contributed by atoms with Gasteiger partial charge in [-0.1, -0.05) is 0 Å². The molecule has 1 heterocycles. The zero-order valence-electron chi connectivity index (χ0n) is 8.67. The van der Waals surface area contributed by atoms with E-state index in [4.69, 9.17) is 10.4 Å². The summed E-state index contributed by atoms with van der Waals surface area (Å²) in [5.74, 6) is 0.231. The molecule has 0 fully saturated rings. The second-order valence-electron chi connectivity index (χ2n) is 3.16. The van der Waals surface area contributed by atoms with Crippen LogP contribution in [0.15, 0.2) is 17.2 Å². The van der Waals surface area contributed by atoms with E-state index in [1.165, 1.54) is 11.8 Å². The largest absolute Gasteiger partial charge is 0.247 e. The van der Waals surface area contributed by atoms with Gasteiger partial charge in [0.15, 0.2) is 0 Å². The van der Waals surface area contributed by atoms with Gasteiger partial charge in [0, 0.05) is 11.4 Å². The fourth-order valence-electron chi connectivity index (χ4n) is 1.04. The smallest absolute Gasteiger partial charge is 0.209 e. The Balaban J connectivity index is 2.68. The first-order chi connectivity index (χ1) is 7.40. The molecule has 0 bridgehead atoms. The molecule has 0 atom stereocenters. The lowest BCUT2D eigenvalue weighted by Crippen LogP contribution is -2.17. The molecular formula is C9H11N3O2S2. The van der Waals surface area contributed by atoms with Crippen molar-refractivity contribution < 1.29 is 8.42 Å². The number of pyridine rings is 1. The summed E-state index contributed by atoms with van der Waals surface area (Å²) in [6.07, 6.45) is 0. The van der Waals surface area contributed by atoms with Crippen LogP contribution in [-0.4, -0.2) is 24.9 Å². The van der Waals surface area contributed by atoms with E-state index < -0.39 is 10.0 Å². The van der Waals surface area contributed by atoms with E-state index in [1.807, 2.05) is 6.07 Å². The third-order valence-corrected chi connectivity index (χ3v) is 3.62. The lowest BCUT2D eigenvalue weighted by molar-refractivity contribution is 0.599. The first-order valence-corrected chi connectivity index (χ1v) is 7.13. The summed E-state index contributed by atoms with van der Waals surface area (Å²) in [4.78, 5) is 4.18. The van der Waals surface area contributed by atoms with Gasteiger partial charge in [0.2, 0.25) is 10.0 Å². The lowest BCUT2D eigenvalue weighted by atomic mass is 10.2. The van der Waals surface area contributed by atoms with Crippen molar-refractivity contribution in [2.24, 2.45) is 5.14 Å². The van der Waals surface area contributed by atoms with Crippen molar-refractivity contribution in [3.63, 3.8) is 0 Å². The zero-order chi connectivity index (χ0) is 12.2. The highest BCUT2D eigenvalue weighted by Crippen LogP contribution is 2.17. The highest BCUT2D eigenvalue weighted by Gasteiger charge is 2.05. The standard InChI is InChI=1S/C9H11N3O2S2/c1-7-4-8(6-10)5-9(12-7)15-2-3-16(11,13)14/h4-5H,2-3H2,1H3,(H2,11,13,14). The van der Waals surface area contributed by atoms with Gasteiger partial charge >= 0.3 is 0 Å². The van der Waals surface area contributed by atoms with Gasteiger partial charge in [0.1, 0.15) is 0 Å². The molecular weight excluding hydrogens is 246 g/mol. The van der Waals surface area contributed by atoms with Crippen LogP contribution in [0.2, 0.25) is 0 Å². The third-order valence-electron chi connectivity index (χ3n) is 1.68. The van der Waals surface area contributed by atoms with Crippen LogP contribution < -0.4 is 5.14 Å². The predicted octanol–water partition coefficient (Wildman–Crippen LogP) is 0.642. The number of hydrogen-bond acceptors (Lipinski definition) is 5. The maximum absolute atomic E-state index is 10.7. The quantitative estimate of drug-likeness (QED) is 0.798. The van der Waals surface area contributed by atoms with Gasteiger partial charge in [-0.25, -0.2) is 18.5 Å². The van der Waals surface area contributed by atoms with Crippen LogP contribution in [0.1, 0.15) is 11.3 Å². The number of primary sulfonamides is 1. The number of nitrogens with zero attached hydrogens (tertiary/aromatic N) is 2. The van der Waals surface area contributed by atoms with Gasteiger partial charge < -0.3 is 0 Å². The van der Waals surface area contributed by atoms with Crippen molar-refractivity contribution >= 4 is 21.8 Å². The number of nitriles is 1. The molecule has 1 rings (SSSR count). The van der Waals surface area contributed by atoms with E-state index in [-0.39, 0.29) is 5.75 Å². The SMILES string of the molecule is Cc1cc(C#N)cc(SCCS(N)(=O)=O)n1. The average Bonchev–Trinajstić information content (AvgIpc) is 2.14. The van der Waals surface area contributed by atoms with Crippen molar-refractivity contribution in [3.8, 4) is 6.07 Å². The second kappa shape index (κ2) is 5.30. The number of sulfonamides is 1. The zero-order valence-corrected chi connectivity index (χ0v) is 10.3. The van der Waals surface area contributed by atoms with Crippen LogP contribution >= 0.6 is 11.8 Å². The van der Waals surface area contributed by atoms with Crippen molar-refractivity contribution in [2.45, 2.75) is 11.9 Å². The van der Waals surface area contributed by atoms with E-state index in [1.54, 1.807) is 19.1 Å². The summed E-state index contributed by atoms with van der Waals surface area (Å²) in [6.45, 7) is 1.78. The fraction of sp³-hybridized carbons (Fsp3) is 0.333. The molecule has 2 N–H and O–H groups in total. The molecule has 0 amide bonds. The molecule has 0 aliphatic heterocycles. The van der Waals surface area contributed by atoms with E-state index in [0.717, 1.165) is 5.69 Å². The number of hydrogen-bond donors (Lipinski definition) is 1. The molecule has 86 valence electrons. The average molecular weight is 257 g/mol. The maximum atomic E-state index is 10.7. The number of aromatic nitrogens is 1. The van der Waals surface area contributed by atoms with Gasteiger partial charge in [-0.2, -0.15) is 5.26 Å². The van der Waals surface area contributed by atoms with Gasteiger partial charge in [0.25, 0.3) is 0 Å². The van der Waals surface area contributed by atoms with Crippen molar-refractivity contribution in [3.05, 3.63) is 23.4 Å². The molecule has 0 aromatic carbocycles. The normalized spacial score (nSPS) is 11.1. The monoisotopic (exact) mass is 257 g/mol. The van der Waals surface area contributed by atoms with Crippen LogP contribution in [0.3, 0.4) is 0 Å². The minimum atomic E-state index is -3.43.